The van der Waals surface area contributed by atoms with Crippen molar-refractivity contribution in [2.45, 2.75) is 11.6 Å². The van der Waals surface area contributed by atoms with Gasteiger partial charge in [-0.15, -0.1) is 0 Å². The van der Waals surface area contributed by atoms with Crippen molar-refractivity contribution in [3.63, 3.8) is 0 Å². The van der Waals surface area contributed by atoms with E-state index in [0.29, 0.717) is 5.69 Å². The maximum atomic E-state index is 11.4. The average molecular weight is 418 g/mol. The highest BCUT2D eigenvalue weighted by atomic mass is 16.3. The molecule has 0 bridgehead atoms. The summed E-state index contributed by atoms with van der Waals surface area (Å²) in [7, 11) is 0. The molecule has 2 heterocycles. The van der Waals surface area contributed by atoms with Gasteiger partial charge in [-0.25, -0.2) is 4.98 Å². The Morgan fingerprint density at radius 3 is 1.56 bits per heavy atom. The number of hydrogen-bond donors (Lipinski definition) is 1. The summed E-state index contributed by atoms with van der Waals surface area (Å²) in [5.41, 5.74) is 4.00. The first-order valence-corrected chi connectivity index (χ1v) is 10.6. The minimum Gasteiger partial charge on any atom is -0.382 e. The number of benzene rings is 3. The molecule has 0 amide bonds. The molecular formula is C28H23N3O. The number of aliphatic hydroxyl groups excluding tert-OH is 1. The van der Waals surface area contributed by atoms with Crippen molar-refractivity contribution in [3.8, 4) is 0 Å². The average Bonchev–Trinajstić information content (AvgIpc) is 3.37. The van der Waals surface area contributed by atoms with Crippen molar-refractivity contribution in [2.24, 2.45) is 0 Å². The summed E-state index contributed by atoms with van der Waals surface area (Å²) in [6, 6.07) is 34.8. The van der Waals surface area contributed by atoms with E-state index in [1.807, 2.05) is 73.1 Å². The summed E-state index contributed by atoms with van der Waals surface area (Å²) in [6.07, 6.45) is 6.09. The van der Waals surface area contributed by atoms with Crippen LogP contribution in [0.2, 0.25) is 0 Å². The quantitative estimate of drug-likeness (QED) is 0.386. The zero-order valence-corrected chi connectivity index (χ0v) is 17.5. The predicted octanol–water partition coefficient (Wildman–Crippen LogP) is 5.20. The molecule has 0 radical (unpaired) electrons. The first kappa shape index (κ1) is 19.9. The molecule has 0 spiro atoms. The second-order valence-electron chi connectivity index (χ2n) is 7.68. The Labute approximate surface area is 187 Å². The molecule has 4 nitrogen and oxygen atoms in total. The minimum absolute atomic E-state index is 0.702. The first-order chi connectivity index (χ1) is 15.8. The van der Waals surface area contributed by atoms with Crippen LogP contribution in [0.15, 0.2) is 128 Å². The SMILES string of the molecule is OC(c1ccncc1)c1cncn1C(c1ccccc1)(c1ccccc1)c1ccccc1. The maximum Gasteiger partial charge on any atom is 0.122 e. The number of aromatic nitrogens is 3. The van der Waals surface area contributed by atoms with Crippen LogP contribution >= 0.6 is 0 Å². The Balaban J connectivity index is 1.84. The van der Waals surface area contributed by atoms with Crippen molar-refractivity contribution in [1.29, 1.82) is 0 Å². The van der Waals surface area contributed by atoms with Gasteiger partial charge in [0.1, 0.15) is 11.6 Å². The van der Waals surface area contributed by atoms with Crippen LogP contribution in [0.5, 0.6) is 0 Å². The van der Waals surface area contributed by atoms with E-state index in [-0.39, 0.29) is 0 Å². The monoisotopic (exact) mass is 417 g/mol. The summed E-state index contributed by atoms with van der Waals surface area (Å²) in [5, 5.41) is 11.4. The maximum absolute atomic E-state index is 11.4. The zero-order valence-electron chi connectivity index (χ0n) is 17.5. The Morgan fingerprint density at radius 1 is 0.625 bits per heavy atom. The summed E-state index contributed by atoms with van der Waals surface area (Å²) < 4.78 is 2.10. The number of nitrogens with zero attached hydrogens (tertiary/aromatic N) is 3. The van der Waals surface area contributed by atoms with E-state index >= 15 is 0 Å². The fourth-order valence-electron chi connectivity index (χ4n) is 4.46. The molecule has 1 unspecified atom stereocenters. The van der Waals surface area contributed by atoms with Crippen LogP contribution in [0.4, 0.5) is 0 Å². The zero-order chi connectivity index (χ0) is 21.8. The highest BCUT2D eigenvalue weighted by molar-refractivity contribution is 5.51. The smallest absolute Gasteiger partial charge is 0.122 e. The fraction of sp³-hybridized carbons (Fsp3) is 0.0714. The van der Waals surface area contributed by atoms with Gasteiger partial charge in [0, 0.05) is 12.4 Å². The van der Waals surface area contributed by atoms with Gasteiger partial charge in [-0.1, -0.05) is 91.0 Å². The Bertz CT molecular complexity index is 1170. The Kier molecular flexibility index (Phi) is 5.36. The van der Waals surface area contributed by atoms with E-state index in [9.17, 15) is 5.11 Å². The van der Waals surface area contributed by atoms with Gasteiger partial charge in [-0.3, -0.25) is 4.98 Å². The summed E-state index contributed by atoms with van der Waals surface area (Å²) >= 11 is 0. The lowest BCUT2D eigenvalue weighted by molar-refractivity contribution is 0.205. The van der Waals surface area contributed by atoms with Gasteiger partial charge in [-0.2, -0.15) is 0 Å². The van der Waals surface area contributed by atoms with Crippen LogP contribution in [0.1, 0.15) is 34.1 Å². The van der Waals surface area contributed by atoms with Crippen molar-refractivity contribution < 1.29 is 5.11 Å². The van der Waals surface area contributed by atoms with Gasteiger partial charge in [-0.05, 0) is 34.4 Å². The van der Waals surface area contributed by atoms with Crippen LogP contribution < -0.4 is 0 Å². The second kappa shape index (κ2) is 8.61. The molecule has 0 saturated heterocycles. The van der Waals surface area contributed by atoms with E-state index in [2.05, 4.69) is 50.9 Å². The number of imidazole rings is 1. The molecule has 0 fully saturated rings. The molecule has 0 saturated carbocycles. The largest absolute Gasteiger partial charge is 0.382 e. The van der Waals surface area contributed by atoms with Gasteiger partial charge in [0.15, 0.2) is 0 Å². The van der Waals surface area contributed by atoms with E-state index in [4.69, 9.17) is 0 Å². The number of hydrogen-bond acceptors (Lipinski definition) is 3. The van der Waals surface area contributed by atoms with Crippen LogP contribution in [0.25, 0.3) is 0 Å². The molecule has 4 heteroatoms. The predicted molar refractivity (Wildman–Crippen MR) is 125 cm³/mol. The van der Waals surface area contributed by atoms with Crippen molar-refractivity contribution >= 4 is 0 Å². The van der Waals surface area contributed by atoms with Gasteiger partial charge in [0.25, 0.3) is 0 Å². The molecule has 2 aromatic heterocycles. The molecule has 156 valence electrons. The van der Waals surface area contributed by atoms with E-state index in [0.717, 1.165) is 22.3 Å². The van der Waals surface area contributed by atoms with Gasteiger partial charge in [0.05, 0.1) is 18.2 Å². The van der Waals surface area contributed by atoms with Gasteiger partial charge < -0.3 is 9.67 Å². The topological polar surface area (TPSA) is 50.9 Å². The van der Waals surface area contributed by atoms with Crippen molar-refractivity contribution in [2.75, 3.05) is 0 Å². The summed E-state index contributed by atoms with van der Waals surface area (Å²) in [5.74, 6) is 0. The fourth-order valence-corrected chi connectivity index (χ4v) is 4.46. The third-order valence-electron chi connectivity index (χ3n) is 5.91. The van der Waals surface area contributed by atoms with Crippen LogP contribution in [0, 0.1) is 0 Å². The number of rotatable bonds is 6. The molecule has 1 N–H and O–H groups in total. The summed E-state index contributed by atoms with van der Waals surface area (Å²) in [4.78, 5) is 8.59. The Hall–Kier alpha value is -4.02. The highest BCUT2D eigenvalue weighted by Crippen LogP contribution is 2.42. The lowest BCUT2D eigenvalue weighted by atomic mass is 9.76. The molecular weight excluding hydrogens is 394 g/mol. The standard InChI is InChI=1S/C28H23N3O/c32-27(22-16-18-29-19-17-22)26-20-30-21-31(26)28(23-10-4-1-5-11-23,24-12-6-2-7-13-24)25-14-8-3-9-15-25/h1-21,27,32H. The molecule has 32 heavy (non-hydrogen) atoms. The first-order valence-electron chi connectivity index (χ1n) is 10.6. The molecule has 0 aliphatic rings. The molecule has 0 aliphatic carbocycles. The van der Waals surface area contributed by atoms with Gasteiger partial charge >= 0.3 is 0 Å². The lowest BCUT2D eigenvalue weighted by Crippen LogP contribution is -2.39. The van der Waals surface area contributed by atoms with Crippen LogP contribution in [0.3, 0.4) is 0 Å². The van der Waals surface area contributed by atoms with Gasteiger partial charge in [0.2, 0.25) is 0 Å². The number of aliphatic hydroxyl groups is 1. The van der Waals surface area contributed by atoms with E-state index in [1.54, 1.807) is 18.6 Å². The minimum atomic E-state index is -0.851. The molecule has 0 aliphatic heterocycles. The van der Waals surface area contributed by atoms with Crippen LogP contribution in [-0.2, 0) is 5.54 Å². The molecule has 5 rings (SSSR count). The molecule has 3 aromatic carbocycles. The second-order valence-corrected chi connectivity index (χ2v) is 7.68. The normalized spacial score (nSPS) is 12.4. The van der Waals surface area contributed by atoms with Crippen molar-refractivity contribution in [1.82, 2.24) is 14.5 Å². The van der Waals surface area contributed by atoms with E-state index in [1.165, 1.54) is 0 Å². The lowest BCUT2D eigenvalue weighted by Gasteiger charge is -2.39. The molecule has 5 aromatic rings. The summed E-state index contributed by atoms with van der Waals surface area (Å²) in [6.45, 7) is 0. The van der Waals surface area contributed by atoms with Crippen LogP contribution in [-0.4, -0.2) is 19.6 Å². The molecule has 1 atom stereocenters. The number of pyridine rings is 1. The third kappa shape index (κ3) is 3.31. The third-order valence-corrected chi connectivity index (χ3v) is 5.91. The van der Waals surface area contributed by atoms with Crippen molar-refractivity contribution in [3.05, 3.63) is 156 Å². The van der Waals surface area contributed by atoms with E-state index < -0.39 is 11.6 Å². The Morgan fingerprint density at radius 2 is 1.09 bits per heavy atom. The highest BCUT2D eigenvalue weighted by Gasteiger charge is 2.40.